The van der Waals surface area contributed by atoms with Crippen LogP contribution in [0.5, 0.6) is 0 Å². The van der Waals surface area contributed by atoms with E-state index >= 15 is 0 Å². The van der Waals surface area contributed by atoms with Crippen molar-refractivity contribution in [3.63, 3.8) is 0 Å². The molecule has 66 nitrogen and oxygen atoms in total. The Morgan fingerprint density at radius 2 is 0.427 bits per heavy atom. The van der Waals surface area contributed by atoms with Gasteiger partial charge in [-0.3, -0.25) is 28.8 Å². The van der Waals surface area contributed by atoms with E-state index in [9.17, 15) is 187 Å². The quantitative estimate of drug-likeness (QED) is 0.0272. The second-order valence-electron chi connectivity index (χ2n) is 38.1. The first-order chi connectivity index (χ1) is 70.9. The zero-order chi connectivity index (χ0) is 110. The second-order valence-corrected chi connectivity index (χ2v) is 38.1. The highest BCUT2D eigenvalue weighted by Gasteiger charge is 2.64. The molecule has 6 amide bonds. The Kier molecular flexibility index (Phi) is 44.4. The molecule has 60 atom stereocenters. The zero-order valence-electron chi connectivity index (χ0n) is 81.1. The molecular formula is C84H140N6O60. The van der Waals surface area contributed by atoms with Gasteiger partial charge in [0.2, 0.25) is 35.4 Å². The van der Waals surface area contributed by atoms with Gasteiger partial charge in [0.15, 0.2) is 75.5 Å². The standard InChI is InChI=1S/C84H140N6O60/c1-19-43(105)56(118)60(122)79(131-19)129-18-36-69(52(114)37(73(127)132-36)85-20(2)99)144-76-40(88-23(5)102)53(115)67(32(14-97)137-76)147-82-64(126)70(148-84-72(63(125)68(33(15-98)140-84)143-75-39(87-22(4)101)51(113)45(107)27(9-92)134-75)150-78-42(90-25(7)104)55(117)66(31(13-96)139-78)146-81-62(124)58(120)47(109)29(11-94)136-81)49(111)35(141-82)17-130-83-71(59(121)48(110)34(142-83)16-128-74-38(86-21(3)100)50(112)44(106)26(8-91)133-74)149-77-41(89-24(6)103)54(116)65(30(12-95)138-77)145-80-61(123)57(119)46(108)28(10-93)135-80/h19,26-84,91-98,105-127H,8-18H2,1-7H3,(H,85,99)(H,86,100)(H,87,101)(H,88,102)(H,89,103)(H,90,104)/t19-,26+,27+,28+,29+,30+,31+,32+,33+,34+,35+,36+,37+,38+,39+,40+,41+,42+,43+,44+,45+,46-,47-,48+,49+,50+,51+,52+,53+,54+,55+,56+,57-,58-,59-,60-,61+,62+,63-,64-,65+,66+,67+,68+,69+,70-,71-,72-,73?,74+,75-,76-,77-,78-,79+,80-,81-,82-,83-,84+/m0/s1. The lowest BCUT2D eigenvalue weighted by Gasteiger charge is -2.52. The minimum Gasteiger partial charge on any atom is -0.394 e. The van der Waals surface area contributed by atoms with Crippen molar-refractivity contribution in [2.24, 2.45) is 0 Å². The van der Waals surface area contributed by atoms with Crippen molar-refractivity contribution in [3.05, 3.63) is 0 Å². The fraction of sp³-hybridized carbons (Fsp3) is 0.929. The van der Waals surface area contributed by atoms with Crippen LogP contribution in [0.2, 0.25) is 0 Å². The Hall–Kier alpha value is -5.34. The Labute approximate surface area is 849 Å². The molecule has 0 spiro atoms. The molecule has 0 aliphatic carbocycles. The first kappa shape index (κ1) is 123. The summed E-state index contributed by atoms with van der Waals surface area (Å²) in [6.07, 6.45) is -118. The summed E-state index contributed by atoms with van der Waals surface area (Å²) in [5.41, 5.74) is 0. The van der Waals surface area contributed by atoms with Gasteiger partial charge in [-0.05, 0) is 6.92 Å². The van der Waals surface area contributed by atoms with E-state index in [1.54, 1.807) is 0 Å². The lowest BCUT2D eigenvalue weighted by Crippen LogP contribution is -2.71. The van der Waals surface area contributed by atoms with E-state index in [1.807, 2.05) is 0 Å². The number of nitrogens with one attached hydrogen (secondary N) is 6. The number of aliphatic hydroxyl groups excluding tert-OH is 31. The molecule has 12 fully saturated rings. The number of ether oxygens (including phenoxy) is 23. The lowest BCUT2D eigenvalue weighted by molar-refractivity contribution is -0.405. The molecule has 0 aromatic carbocycles. The third kappa shape index (κ3) is 27.7. The molecule has 12 saturated heterocycles. The van der Waals surface area contributed by atoms with Crippen LogP contribution in [-0.2, 0) is 138 Å². The van der Waals surface area contributed by atoms with Gasteiger partial charge in [-0.1, -0.05) is 0 Å². The molecule has 66 heteroatoms. The summed E-state index contributed by atoms with van der Waals surface area (Å²) in [5.74, 6) is -5.91. The maximum Gasteiger partial charge on any atom is 0.217 e. The summed E-state index contributed by atoms with van der Waals surface area (Å²) in [6, 6.07) is -11.9. The van der Waals surface area contributed by atoms with Crippen molar-refractivity contribution in [2.75, 3.05) is 72.7 Å². The van der Waals surface area contributed by atoms with Gasteiger partial charge in [0, 0.05) is 41.5 Å². The van der Waals surface area contributed by atoms with E-state index < -0.39 is 476 Å². The highest BCUT2D eigenvalue weighted by atomic mass is 16.8. The number of carbonyl (C=O) groups is 6. The predicted molar refractivity (Wildman–Crippen MR) is 463 cm³/mol. The highest BCUT2D eigenvalue weighted by Crippen LogP contribution is 2.43. The SMILES string of the molecule is CC(=O)N[C@H]1[C@H](O[C@H]2[C@H](O)[C@@H](NC(C)=O)C(O)O[C@@H]2CO[C@@H]2O[C@@H](C)[C@@H](O)[C@@H](O)[C@@H]2O)O[C@H](CO)[C@@H](O[C@@H]2O[C@H](CO[C@H]3O[C@H](CO[C@@H]4O[C@H](CO)[C@@H](O)[C@H](O)[C@H]4NC(C)=O)[C@@H](O)[C@H](O)[C@@H]3O[C@@H]3O[C@H](CO)[C@@H](O[C@@H]4O[C@H](CO)[C@H](O)[C@H](O)[C@H]4O)[C@H](O)[C@H]3NC(C)=O)[C@@H](O)[C@H](O[C@H]3O[C@H](CO)[C@@H](O[C@@H]4O[C@H](CO)[C@@H](O)[C@H](O)[C@H]4NC(C)=O)[C@H](O)[C@@H]3O[C@@H]3O[C@H](CO)[C@@H](O[C@@H]4O[C@H](CO)[C@H](O)[C@H](O)[C@H]4O)[C@H](O)[C@H]3NC(C)=O)[C@@H]2O)[C@@H]1O. The molecule has 0 bridgehead atoms. The fourth-order valence-electron chi connectivity index (χ4n) is 19.5. The Morgan fingerprint density at radius 3 is 0.820 bits per heavy atom. The van der Waals surface area contributed by atoms with Gasteiger partial charge in [-0.15, -0.1) is 0 Å². The average Bonchev–Trinajstić information content (AvgIpc) is 0.798. The maximum atomic E-state index is 13.6. The van der Waals surface area contributed by atoms with E-state index in [0.717, 1.165) is 41.5 Å². The summed E-state index contributed by atoms with van der Waals surface area (Å²) in [6.45, 7) is -6.21. The first-order valence-electron chi connectivity index (χ1n) is 48.0. The number of carbonyl (C=O) groups excluding carboxylic acids is 6. The van der Waals surface area contributed by atoms with Crippen molar-refractivity contribution >= 4 is 35.4 Å². The minimum atomic E-state index is -2.83. The summed E-state index contributed by atoms with van der Waals surface area (Å²) in [4.78, 5) is 78.5. The van der Waals surface area contributed by atoms with E-state index in [4.69, 9.17) is 109 Å². The van der Waals surface area contributed by atoms with Gasteiger partial charge in [0.1, 0.15) is 287 Å². The third-order valence-electron chi connectivity index (χ3n) is 27.4. The van der Waals surface area contributed by atoms with Gasteiger partial charge in [0.05, 0.1) is 78.8 Å². The molecular weight excluding hydrogens is 2050 g/mol. The number of hydrogen-bond acceptors (Lipinski definition) is 60. The van der Waals surface area contributed by atoms with Crippen LogP contribution in [0.3, 0.4) is 0 Å². The molecule has 866 valence electrons. The van der Waals surface area contributed by atoms with Crippen LogP contribution in [0.1, 0.15) is 48.5 Å². The largest absolute Gasteiger partial charge is 0.394 e. The predicted octanol–water partition coefficient (Wildman–Crippen LogP) is -25.3. The lowest BCUT2D eigenvalue weighted by atomic mass is 9.93. The summed E-state index contributed by atoms with van der Waals surface area (Å²) < 4.78 is 140. The van der Waals surface area contributed by atoms with Crippen molar-refractivity contribution in [3.8, 4) is 0 Å². The van der Waals surface area contributed by atoms with Crippen molar-refractivity contribution < 1.29 is 296 Å². The number of aliphatic hydroxyl groups is 31. The van der Waals surface area contributed by atoms with Gasteiger partial charge in [0.25, 0.3) is 0 Å². The van der Waals surface area contributed by atoms with E-state index in [1.165, 1.54) is 6.92 Å². The Morgan fingerprint density at radius 1 is 0.187 bits per heavy atom. The van der Waals surface area contributed by atoms with Crippen LogP contribution >= 0.6 is 0 Å². The van der Waals surface area contributed by atoms with Crippen molar-refractivity contribution in [1.29, 1.82) is 0 Å². The van der Waals surface area contributed by atoms with Crippen LogP contribution in [0.25, 0.3) is 0 Å². The van der Waals surface area contributed by atoms with Gasteiger partial charge in [-0.2, -0.15) is 0 Å². The molecule has 37 N–H and O–H groups in total. The topological polar surface area (TPSA) is 1010 Å². The fourth-order valence-corrected chi connectivity index (χ4v) is 19.5. The van der Waals surface area contributed by atoms with Crippen molar-refractivity contribution in [1.82, 2.24) is 31.9 Å². The molecule has 12 aliphatic heterocycles. The van der Waals surface area contributed by atoms with Gasteiger partial charge in [-0.25, -0.2) is 0 Å². The van der Waals surface area contributed by atoms with E-state index in [0.29, 0.717) is 0 Å². The molecule has 0 aromatic rings. The molecule has 1 unspecified atom stereocenters. The smallest absolute Gasteiger partial charge is 0.217 e. The van der Waals surface area contributed by atoms with Crippen LogP contribution in [0.15, 0.2) is 0 Å². The Balaban J connectivity index is 0.955. The number of rotatable bonds is 39. The number of hydrogen-bond donors (Lipinski definition) is 37. The van der Waals surface area contributed by atoms with Crippen LogP contribution in [0, 0.1) is 0 Å². The summed E-state index contributed by atoms with van der Waals surface area (Å²) >= 11 is 0. The van der Waals surface area contributed by atoms with Crippen molar-refractivity contribution in [2.45, 2.75) is 417 Å². The Bertz CT molecular complexity index is 4250. The van der Waals surface area contributed by atoms with E-state index in [-0.39, 0.29) is 0 Å². The first-order valence-corrected chi connectivity index (χ1v) is 48.0. The highest BCUT2D eigenvalue weighted by molar-refractivity contribution is 5.75. The van der Waals surface area contributed by atoms with Crippen LogP contribution < -0.4 is 31.9 Å². The molecule has 0 saturated carbocycles. The van der Waals surface area contributed by atoms with Gasteiger partial charge >= 0.3 is 0 Å². The summed E-state index contributed by atoms with van der Waals surface area (Å²) in [5, 5.41) is 368. The monoisotopic (exact) mass is 2190 g/mol. The maximum absolute atomic E-state index is 13.6. The molecule has 0 aromatic heterocycles. The van der Waals surface area contributed by atoms with Crippen LogP contribution in [-0.4, -0.2) is 635 Å². The minimum absolute atomic E-state index is 0.863. The molecule has 12 heterocycles. The van der Waals surface area contributed by atoms with Crippen LogP contribution in [0.4, 0.5) is 0 Å². The molecule has 12 aliphatic rings. The molecule has 0 radical (unpaired) electrons. The molecule has 12 rings (SSSR count). The molecule has 150 heavy (non-hydrogen) atoms. The normalized spacial score (nSPS) is 48.8. The van der Waals surface area contributed by atoms with E-state index in [2.05, 4.69) is 31.9 Å². The number of amides is 6. The third-order valence-corrected chi connectivity index (χ3v) is 27.4. The second kappa shape index (κ2) is 54.0. The zero-order valence-corrected chi connectivity index (χ0v) is 81.1. The summed E-state index contributed by atoms with van der Waals surface area (Å²) in [7, 11) is 0. The van der Waals surface area contributed by atoms with Gasteiger partial charge < -0.3 is 299 Å². The average molecular weight is 2190 g/mol.